The summed E-state index contributed by atoms with van der Waals surface area (Å²) in [6.45, 7) is 4.88. The number of aryl methyl sites for hydroxylation is 1. The molecule has 8 heteroatoms. The van der Waals surface area contributed by atoms with Gasteiger partial charge in [-0.2, -0.15) is 0 Å². The second-order valence-electron chi connectivity index (χ2n) is 6.55. The van der Waals surface area contributed by atoms with E-state index in [2.05, 4.69) is 5.32 Å². The van der Waals surface area contributed by atoms with Crippen LogP contribution in [0, 0.1) is 17.0 Å². The highest BCUT2D eigenvalue weighted by atomic mass is 16.6. The van der Waals surface area contributed by atoms with Gasteiger partial charge in [-0.05, 0) is 56.7 Å². The zero-order valence-electron chi connectivity index (χ0n) is 16.4. The molecule has 2 aromatic carbocycles. The van der Waals surface area contributed by atoms with E-state index in [1.165, 1.54) is 32.0 Å². The average molecular weight is 398 g/mol. The van der Waals surface area contributed by atoms with Crippen LogP contribution in [0.1, 0.15) is 53.0 Å². The normalized spacial score (nSPS) is 11.4. The molecule has 0 fully saturated rings. The number of ketones is 1. The maximum atomic E-state index is 12.5. The Hall–Kier alpha value is -3.55. The predicted molar refractivity (Wildman–Crippen MR) is 107 cm³/mol. The number of nitro groups is 1. The third-order valence-corrected chi connectivity index (χ3v) is 4.21. The number of benzene rings is 2. The summed E-state index contributed by atoms with van der Waals surface area (Å²) in [7, 11) is 0. The molecule has 0 saturated heterocycles. The molecule has 1 atom stereocenters. The first kappa shape index (κ1) is 21.7. The summed E-state index contributed by atoms with van der Waals surface area (Å²) in [4.78, 5) is 46.7. The molecule has 1 unspecified atom stereocenters. The highest BCUT2D eigenvalue weighted by Crippen LogP contribution is 2.20. The van der Waals surface area contributed by atoms with Crippen molar-refractivity contribution in [2.75, 3.05) is 5.32 Å². The van der Waals surface area contributed by atoms with Crippen molar-refractivity contribution < 1.29 is 24.0 Å². The highest BCUT2D eigenvalue weighted by Gasteiger charge is 2.22. The van der Waals surface area contributed by atoms with E-state index < -0.39 is 22.8 Å². The Bertz CT molecular complexity index is 937. The Kier molecular flexibility index (Phi) is 7.19. The van der Waals surface area contributed by atoms with E-state index in [1.807, 2.05) is 6.92 Å². The quantitative estimate of drug-likeness (QED) is 0.310. The Morgan fingerprint density at radius 1 is 1.10 bits per heavy atom. The lowest BCUT2D eigenvalue weighted by molar-refractivity contribution is -0.385. The molecule has 0 aliphatic carbocycles. The van der Waals surface area contributed by atoms with Gasteiger partial charge >= 0.3 is 5.97 Å². The molecule has 8 nitrogen and oxygen atoms in total. The third-order valence-electron chi connectivity index (χ3n) is 4.21. The second kappa shape index (κ2) is 9.59. The van der Waals surface area contributed by atoms with E-state index >= 15 is 0 Å². The van der Waals surface area contributed by atoms with Gasteiger partial charge in [0.25, 0.3) is 5.69 Å². The third kappa shape index (κ3) is 5.71. The molecule has 0 saturated carbocycles. The minimum absolute atomic E-state index is 0.100. The van der Waals surface area contributed by atoms with Gasteiger partial charge in [0.05, 0.1) is 10.5 Å². The number of amides is 1. The van der Waals surface area contributed by atoms with E-state index in [9.17, 15) is 24.5 Å². The Balaban J connectivity index is 2.03. The Morgan fingerprint density at radius 3 is 2.28 bits per heavy atom. The van der Waals surface area contributed by atoms with Crippen LogP contribution in [0.5, 0.6) is 0 Å². The van der Waals surface area contributed by atoms with Crippen LogP contribution in [0.3, 0.4) is 0 Å². The van der Waals surface area contributed by atoms with Crippen LogP contribution < -0.4 is 5.32 Å². The van der Waals surface area contributed by atoms with Crippen molar-refractivity contribution in [1.29, 1.82) is 0 Å². The highest BCUT2D eigenvalue weighted by molar-refractivity contribution is 6.02. The van der Waals surface area contributed by atoms with Gasteiger partial charge in [0.15, 0.2) is 6.10 Å². The van der Waals surface area contributed by atoms with E-state index in [-0.39, 0.29) is 17.2 Å². The second-order valence-corrected chi connectivity index (χ2v) is 6.55. The average Bonchev–Trinajstić information content (AvgIpc) is 2.67. The lowest BCUT2D eigenvalue weighted by Gasteiger charge is -2.13. The number of esters is 1. The van der Waals surface area contributed by atoms with Crippen molar-refractivity contribution in [3.8, 4) is 0 Å². The van der Waals surface area contributed by atoms with Gasteiger partial charge in [0.2, 0.25) is 11.7 Å². The number of carbonyl (C=O) groups is 3. The minimum atomic E-state index is -1.04. The predicted octanol–water partition coefficient (Wildman–Crippen LogP) is 4.07. The standard InChI is InChI=1S/C21H22N2O6/c1-4-5-19(24)22-17-9-6-15(7-10-17)20(25)14(3)29-21(26)16-8-11-18(23(27)28)13(2)12-16/h6-12,14H,4-5H2,1-3H3,(H,22,24). The van der Waals surface area contributed by atoms with Crippen molar-refractivity contribution in [2.45, 2.75) is 39.7 Å². The van der Waals surface area contributed by atoms with Crippen LogP contribution in [0.15, 0.2) is 42.5 Å². The fourth-order valence-electron chi connectivity index (χ4n) is 2.67. The zero-order valence-corrected chi connectivity index (χ0v) is 16.4. The summed E-state index contributed by atoms with van der Waals surface area (Å²) in [6, 6.07) is 10.2. The summed E-state index contributed by atoms with van der Waals surface area (Å²) < 4.78 is 5.21. The maximum absolute atomic E-state index is 12.5. The van der Waals surface area contributed by atoms with Crippen molar-refractivity contribution in [3.63, 3.8) is 0 Å². The molecule has 2 aromatic rings. The molecule has 1 amide bonds. The molecule has 0 heterocycles. The first-order valence-corrected chi connectivity index (χ1v) is 9.13. The first-order chi connectivity index (χ1) is 13.7. The number of Topliss-reactive ketones (excluding diaryl/α,β-unsaturated/α-hetero) is 1. The lowest BCUT2D eigenvalue weighted by Crippen LogP contribution is -2.24. The number of anilines is 1. The number of ether oxygens (including phenoxy) is 1. The summed E-state index contributed by atoms with van der Waals surface area (Å²) in [6.07, 6.45) is 0.105. The van der Waals surface area contributed by atoms with Gasteiger partial charge in [-0.25, -0.2) is 4.79 Å². The van der Waals surface area contributed by atoms with Crippen molar-refractivity contribution in [3.05, 3.63) is 69.3 Å². The van der Waals surface area contributed by atoms with Gasteiger partial charge < -0.3 is 10.1 Å². The SMILES string of the molecule is CCCC(=O)Nc1ccc(C(=O)C(C)OC(=O)c2ccc([N+](=O)[O-])c(C)c2)cc1. The topological polar surface area (TPSA) is 116 Å². The van der Waals surface area contributed by atoms with E-state index in [0.29, 0.717) is 23.2 Å². The van der Waals surface area contributed by atoms with Gasteiger partial charge in [-0.15, -0.1) is 0 Å². The molecular formula is C21H22N2O6. The van der Waals surface area contributed by atoms with E-state index in [0.717, 1.165) is 6.42 Å². The maximum Gasteiger partial charge on any atom is 0.338 e. The number of hydrogen-bond acceptors (Lipinski definition) is 6. The van der Waals surface area contributed by atoms with Gasteiger partial charge in [-0.3, -0.25) is 19.7 Å². The van der Waals surface area contributed by atoms with E-state index in [4.69, 9.17) is 4.74 Å². The smallest absolute Gasteiger partial charge is 0.338 e. The number of rotatable bonds is 8. The molecule has 0 aromatic heterocycles. The molecule has 0 bridgehead atoms. The van der Waals surface area contributed by atoms with Gasteiger partial charge in [0, 0.05) is 29.3 Å². The van der Waals surface area contributed by atoms with Crippen LogP contribution in [-0.4, -0.2) is 28.7 Å². The number of hydrogen-bond donors (Lipinski definition) is 1. The van der Waals surface area contributed by atoms with Crippen LogP contribution >= 0.6 is 0 Å². The van der Waals surface area contributed by atoms with Gasteiger partial charge in [-0.1, -0.05) is 6.92 Å². The van der Waals surface area contributed by atoms with Gasteiger partial charge in [0.1, 0.15) is 0 Å². The molecule has 0 aliphatic heterocycles. The van der Waals surface area contributed by atoms with Crippen LogP contribution in [0.4, 0.5) is 11.4 Å². The summed E-state index contributed by atoms with van der Waals surface area (Å²) >= 11 is 0. The fraction of sp³-hybridized carbons (Fsp3) is 0.286. The summed E-state index contributed by atoms with van der Waals surface area (Å²) in [5, 5.41) is 13.6. The number of carbonyl (C=O) groups excluding carboxylic acids is 3. The van der Waals surface area contributed by atoms with Crippen LogP contribution in [-0.2, 0) is 9.53 Å². The molecule has 152 valence electrons. The lowest BCUT2D eigenvalue weighted by atomic mass is 10.1. The van der Waals surface area contributed by atoms with Crippen LogP contribution in [0.25, 0.3) is 0 Å². The number of nitrogens with one attached hydrogen (secondary N) is 1. The molecule has 0 radical (unpaired) electrons. The van der Waals surface area contributed by atoms with Crippen molar-refractivity contribution >= 4 is 29.0 Å². The van der Waals surface area contributed by atoms with Crippen LogP contribution in [0.2, 0.25) is 0 Å². The monoisotopic (exact) mass is 398 g/mol. The number of nitro benzene ring substituents is 1. The number of nitrogens with zero attached hydrogens (tertiary/aromatic N) is 1. The zero-order chi connectivity index (χ0) is 21.6. The van der Waals surface area contributed by atoms with E-state index in [1.54, 1.807) is 24.3 Å². The molecule has 0 aliphatic rings. The summed E-state index contributed by atoms with van der Waals surface area (Å²) in [5.74, 6) is -1.25. The summed E-state index contributed by atoms with van der Waals surface area (Å²) in [5.41, 5.74) is 1.26. The fourth-order valence-corrected chi connectivity index (χ4v) is 2.67. The van der Waals surface area contributed by atoms with Crippen molar-refractivity contribution in [2.24, 2.45) is 0 Å². The van der Waals surface area contributed by atoms with Crippen molar-refractivity contribution in [1.82, 2.24) is 0 Å². The largest absolute Gasteiger partial charge is 0.451 e. The first-order valence-electron chi connectivity index (χ1n) is 9.13. The molecule has 29 heavy (non-hydrogen) atoms. The molecule has 1 N–H and O–H groups in total. The Labute approximate surface area is 168 Å². The molecule has 2 rings (SSSR count). The minimum Gasteiger partial charge on any atom is -0.451 e. The molecule has 0 spiro atoms. The molecular weight excluding hydrogens is 376 g/mol. The Morgan fingerprint density at radius 2 is 1.72 bits per heavy atom.